The lowest BCUT2D eigenvalue weighted by Gasteiger charge is -2.16. The molecule has 1 aromatic heterocycles. The second-order valence-corrected chi connectivity index (χ2v) is 4.57. The number of hydrogen-bond donors (Lipinski definition) is 1. The Labute approximate surface area is 109 Å². The lowest BCUT2D eigenvalue weighted by atomic mass is 10.2. The number of halogens is 1. The molecule has 0 saturated heterocycles. The van der Waals surface area contributed by atoms with Crippen molar-refractivity contribution >= 4 is 15.9 Å². The fraction of sp³-hybridized carbons (Fsp3) is 0.250. The topological polar surface area (TPSA) is 53.1 Å². The Balaban J connectivity index is 2.18. The van der Waals surface area contributed by atoms with Crippen LogP contribution in [0.2, 0.25) is 0 Å². The number of rotatable bonds is 4. The first kappa shape index (κ1) is 12.1. The largest absolute Gasteiger partial charge is 0.483 e. The number of nitrogens with zero attached hydrogens (tertiary/aromatic N) is 2. The summed E-state index contributed by atoms with van der Waals surface area (Å²) < 4.78 is 8.52. The maximum Gasteiger partial charge on any atom is 0.139 e. The van der Waals surface area contributed by atoms with Crippen LogP contribution in [0.4, 0.5) is 0 Å². The number of nitrogens with two attached hydrogens (primary N) is 1. The van der Waals surface area contributed by atoms with Gasteiger partial charge in [-0.15, -0.1) is 0 Å². The van der Waals surface area contributed by atoms with Crippen LogP contribution in [0.3, 0.4) is 0 Å². The maximum atomic E-state index is 5.87. The zero-order valence-corrected chi connectivity index (χ0v) is 11.1. The van der Waals surface area contributed by atoms with Crippen LogP contribution < -0.4 is 10.5 Å². The van der Waals surface area contributed by atoms with Crippen LogP contribution in [0, 0.1) is 0 Å². The molecule has 0 fully saturated rings. The summed E-state index contributed by atoms with van der Waals surface area (Å²) in [5, 5.41) is 4.12. The lowest BCUT2D eigenvalue weighted by molar-refractivity contribution is 0.212. The van der Waals surface area contributed by atoms with Crippen LogP contribution in [0.1, 0.15) is 11.7 Å². The van der Waals surface area contributed by atoms with Crippen LogP contribution in [-0.4, -0.2) is 16.3 Å². The Kier molecular flexibility index (Phi) is 3.81. The van der Waals surface area contributed by atoms with Crippen molar-refractivity contribution in [2.75, 3.05) is 6.54 Å². The molecule has 90 valence electrons. The first-order valence-corrected chi connectivity index (χ1v) is 6.10. The molecule has 1 heterocycles. The molecular formula is C12H14BrN3O. The molecule has 0 aliphatic carbocycles. The van der Waals surface area contributed by atoms with E-state index in [1.807, 2.05) is 37.5 Å². The molecule has 0 aliphatic heterocycles. The number of ether oxygens (including phenoxy) is 1. The second-order valence-electron chi connectivity index (χ2n) is 3.72. The summed E-state index contributed by atoms with van der Waals surface area (Å²) in [4.78, 5) is 0. The van der Waals surface area contributed by atoms with Gasteiger partial charge in [-0.05, 0) is 28.1 Å². The lowest BCUT2D eigenvalue weighted by Crippen LogP contribution is -2.18. The molecule has 1 aromatic carbocycles. The van der Waals surface area contributed by atoms with E-state index < -0.39 is 0 Å². The van der Waals surface area contributed by atoms with Gasteiger partial charge in [-0.25, -0.2) is 0 Å². The molecule has 0 radical (unpaired) electrons. The van der Waals surface area contributed by atoms with Gasteiger partial charge in [-0.1, -0.05) is 12.1 Å². The Hall–Kier alpha value is -1.33. The standard InChI is InChI=1S/C12H14BrN3O/c1-16-8-9(7-15-16)12(6-14)17-11-5-3-2-4-10(11)13/h2-5,7-8,12H,6,14H2,1H3. The second kappa shape index (κ2) is 5.33. The van der Waals surface area contributed by atoms with E-state index in [-0.39, 0.29) is 6.10 Å². The Bertz CT molecular complexity index is 498. The summed E-state index contributed by atoms with van der Waals surface area (Å²) in [6, 6.07) is 7.71. The molecule has 17 heavy (non-hydrogen) atoms. The third-order valence-corrected chi connectivity index (χ3v) is 3.07. The summed E-state index contributed by atoms with van der Waals surface area (Å²) in [5.74, 6) is 0.784. The smallest absolute Gasteiger partial charge is 0.139 e. The first-order valence-electron chi connectivity index (χ1n) is 5.30. The number of hydrogen-bond acceptors (Lipinski definition) is 3. The van der Waals surface area contributed by atoms with Crippen molar-refractivity contribution < 1.29 is 4.74 Å². The van der Waals surface area contributed by atoms with Gasteiger partial charge in [0, 0.05) is 25.4 Å². The summed E-state index contributed by atoms with van der Waals surface area (Å²) in [5.41, 5.74) is 6.71. The minimum absolute atomic E-state index is 0.178. The van der Waals surface area contributed by atoms with Gasteiger partial charge in [-0.2, -0.15) is 5.10 Å². The summed E-state index contributed by atoms with van der Waals surface area (Å²) >= 11 is 3.45. The summed E-state index contributed by atoms with van der Waals surface area (Å²) in [7, 11) is 1.87. The molecule has 1 unspecified atom stereocenters. The van der Waals surface area contributed by atoms with Crippen LogP contribution in [0.15, 0.2) is 41.1 Å². The van der Waals surface area contributed by atoms with Crippen molar-refractivity contribution in [2.45, 2.75) is 6.10 Å². The van der Waals surface area contributed by atoms with Crippen LogP contribution >= 0.6 is 15.9 Å². The maximum absolute atomic E-state index is 5.87. The molecule has 2 aromatic rings. The van der Waals surface area contributed by atoms with Crippen LogP contribution in [-0.2, 0) is 7.05 Å². The zero-order valence-electron chi connectivity index (χ0n) is 9.51. The Morgan fingerprint density at radius 2 is 2.24 bits per heavy atom. The predicted octanol–water partition coefficient (Wildman–Crippen LogP) is 2.26. The van der Waals surface area contributed by atoms with E-state index in [0.29, 0.717) is 6.54 Å². The number of aromatic nitrogens is 2. The number of aryl methyl sites for hydroxylation is 1. The number of benzene rings is 1. The van der Waals surface area contributed by atoms with E-state index in [1.165, 1.54) is 0 Å². The van der Waals surface area contributed by atoms with Crippen molar-refractivity contribution in [1.82, 2.24) is 9.78 Å². The van der Waals surface area contributed by atoms with Gasteiger partial charge in [0.15, 0.2) is 0 Å². The van der Waals surface area contributed by atoms with E-state index in [2.05, 4.69) is 21.0 Å². The molecule has 0 amide bonds. The fourth-order valence-electron chi connectivity index (χ4n) is 1.55. The average Bonchev–Trinajstić information content (AvgIpc) is 2.75. The molecule has 0 aliphatic rings. The highest BCUT2D eigenvalue weighted by Crippen LogP contribution is 2.28. The first-order chi connectivity index (χ1) is 8.20. The third kappa shape index (κ3) is 2.87. The van der Waals surface area contributed by atoms with Gasteiger partial charge in [0.25, 0.3) is 0 Å². The quantitative estimate of drug-likeness (QED) is 0.941. The average molecular weight is 296 g/mol. The molecule has 2 N–H and O–H groups in total. The van der Waals surface area contributed by atoms with Crippen LogP contribution in [0.25, 0.3) is 0 Å². The van der Waals surface area contributed by atoms with Gasteiger partial charge in [0.1, 0.15) is 11.9 Å². The molecule has 2 rings (SSSR count). The molecule has 0 spiro atoms. The van der Waals surface area contributed by atoms with Gasteiger partial charge in [-0.3, -0.25) is 4.68 Å². The highest BCUT2D eigenvalue weighted by atomic mass is 79.9. The van der Waals surface area contributed by atoms with E-state index in [1.54, 1.807) is 10.9 Å². The monoisotopic (exact) mass is 295 g/mol. The highest BCUT2D eigenvalue weighted by molar-refractivity contribution is 9.10. The third-order valence-electron chi connectivity index (χ3n) is 2.42. The minimum Gasteiger partial charge on any atom is -0.483 e. The Morgan fingerprint density at radius 1 is 1.47 bits per heavy atom. The fourth-order valence-corrected chi connectivity index (χ4v) is 1.93. The van der Waals surface area contributed by atoms with E-state index in [4.69, 9.17) is 10.5 Å². The van der Waals surface area contributed by atoms with Gasteiger partial charge < -0.3 is 10.5 Å². The molecule has 0 bridgehead atoms. The van der Waals surface area contributed by atoms with E-state index in [0.717, 1.165) is 15.8 Å². The molecule has 5 heteroatoms. The van der Waals surface area contributed by atoms with Crippen molar-refractivity contribution in [2.24, 2.45) is 12.8 Å². The van der Waals surface area contributed by atoms with Gasteiger partial charge in [0.05, 0.1) is 10.7 Å². The van der Waals surface area contributed by atoms with Gasteiger partial charge >= 0.3 is 0 Å². The SMILES string of the molecule is Cn1cc(C(CN)Oc2ccccc2Br)cn1. The minimum atomic E-state index is -0.178. The van der Waals surface area contributed by atoms with Crippen molar-refractivity contribution in [3.05, 3.63) is 46.7 Å². The summed E-state index contributed by atoms with van der Waals surface area (Å²) in [6.45, 7) is 0.410. The van der Waals surface area contributed by atoms with Crippen molar-refractivity contribution in [1.29, 1.82) is 0 Å². The van der Waals surface area contributed by atoms with Gasteiger partial charge in [0.2, 0.25) is 0 Å². The molecule has 1 atom stereocenters. The van der Waals surface area contributed by atoms with E-state index in [9.17, 15) is 0 Å². The highest BCUT2D eigenvalue weighted by Gasteiger charge is 2.14. The Morgan fingerprint density at radius 3 is 2.82 bits per heavy atom. The summed E-state index contributed by atoms with van der Waals surface area (Å²) in [6.07, 6.45) is 3.50. The normalized spacial score (nSPS) is 12.4. The number of para-hydroxylation sites is 1. The zero-order chi connectivity index (χ0) is 12.3. The molecule has 4 nitrogen and oxygen atoms in total. The van der Waals surface area contributed by atoms with E-state index >= 15 is 0 Å². The van der Waals surface area contributed by atoms with Crippen molar-refractivity contribution in [3.63, 3.8) is 0 Å². The molecule has 0 saturated carbocycles. The van der Waals surface area contributed by atoms with Crippen molar-refractivity contribution in [3.8, 4) is 5.75 Å². The van der Waals surface area contributed by atoms with Crippen LogP contribution in [0.5, 0.6) is 5.75 Å². The predicted molar refractivity (Wildman–Crippen MR) is 69.8 cm³/mol. The molecular weight excluding hydrogens is 282 g/mol.